The monoisotopic (exact) mass is 433 g/mol. The molecule has 31 heavy (non-hydrogen) atoms. The summed E-state index contributed by atoms with van der Waals surface area (Å²) in [6, 6.07) is 15.3. The molecule has 3 amide bonds. The van der Waals surface area contributed by atoms with Crippen LogP contribution in [0.3, 0.4) is 0 Å². The number of carbonyl (C=O) groups excluding carboxylic acids is 3. The highest BCUT2D eigenvalue weighted by molar-refractivity contribution is 6.03. The first-order valence-corrected chi connectivity index (χ1v) is 9.80. The highest BCUT2D eigenvalue weighted by Crippen LogP contribution is 2.26. The van der Waals surface area contributed by atoms with Crippen LogP contribution in [0.1, 0.15) is 18.9 Å². The predicted molar refractivity (Wildman–Crippen MR) is 109 cm³/mol. The van der Waals surface area contributed by atoms with Gasteiger partial charge in [0.25, 0.3) is 0 Å². The van der Waals surface area contributed by atoms with Crippen molar-refractivity contribution < 1.29 is 27.6 Å². The Balaban J connectivity index is 1.65. The third-order valence-electron chi connectivity index (χ3n) is 5.04. The van der Waals surface area contributed by atoms with Crippen molar-refractivity contribution in [2.24, 2.45) is 5.92 Å². The number of anilines is 2. The first-order chi connectivity index (χ1) is 14.7. The van der Waals surface area contributed by atoms with E-state index in [2.05, 4.69) is 5.32 Å². The van der Waals surface area contributed by atoms with E-state index < -0.39 is 18.0 Å². The number of para-hydroxylation sites is 1. The normalized spacial score (nSPS) is 16.3. The minimum Gasteiger partial charge on any atom is -0.331 e. The minimum atomic E-state index is -4.94. The van der Waals surface area contributed by atoms with Crippen molar-refractivity contribution in [1.29, 1.82) is 0 Å². The van der Waals surface area contributed by atoms with Crippen molar-refractivity contribution in [1.82, 2.24) is 4.90 Å². The summed E-state index contributed by atoms with van der Waals surface area (Å²) in [5.74, 6) is -2.95. The molecule has 1 heterocycles. The number of benzene rings is 2. The van der Waals surface area contributed by atoms with Crippen LogP contribution in [0.2, 0.25) is 0 Å². The quantitative estimate of drug-likeness (QED) is 0.757. The highest BCUT2D eigenvalue weighted by Gasteiger charge is 2.42. The fourth-order valence-electron chi connectivity index (χ4n) is 3.46. The van der Waals surface area contributed by atoms with Crippen LogP contribution in [0, 0.1) is 5.92 Å². The zero-order valence-electron chi connectivity index (χ0n) is 16.9. The summed E-state index contributed by atoms with van der Waals surface area (Å²) in [5.41, 5.74) is 1.56. The number of amides is 3. The molecule has 0 radical (unpaired) electrons. The molecular weight excluding hydrogens is 411 g/mol. The fourth-order valence-corrected chi connectivity index (χ4v) is 3.46. The number of nitrogens with zero attached hydrogens (tertiary/aromatic N) is 2. The Hall–Kier alpha value is -3.36. The third kappa shape index (κ3) is 5.42. The summed E-state index contributed by atoms with van der Waals surface area (Å²) < 4.78 is 38.2. The van der Waals surface area contributed by atoms with Crippen LogP contribution < -0.4 is 10.2 Å². The van der Waals surface area contributed by atoms with E-state index in [0.29, 0.717) is 16.2 Å². The van der Waals surface area contributed by atoms with Crippen LogP contribution in [0.4, 0.5) is 24.5 Å². The molecule has 6 nitrogen and oxygen atoms in total. The molecule has 0 aromatic heterocycles. The molecular formula is C22H22F3N3O3. The lowest BCUT2D eigenvalue weighted by Crippen LogP contribution is -2.40. The van der Waals surface area contributed by atoms with Crippen molar-refractivity contribution in [3.8, 4) is 0 Å². The van der Waals surface area contributed by atoms with E-state index in [9.17, 15) is 27.6 Å². The van der Waals surface area contributed by atoms with Crippen molar-refractivity contribution in [3.05, 3.63) is 60.2 Å². The molecule has 1 unspecified atom stereocenters. The van der Waals surface area contributed by atoms with Crippen molar-refractivity contribution in [2.45, 2.75) is 26.1 Å². The molecule has 0 spiro atoms. The van der Waals surface area contributed by atoms with Gasteiger partial charge in [0.05, 0.1) is 5.92 Å². The van der Waals surface area contributed by atoms with Gasteiger partial charge in [-0.05, 0) is 36.8 Å². The Labute approximate surface area is 177 Å². The molecule has 1 aliphatic heterocycles. The lowest BCUT2D eigenvalue weighted by atomic mass is 10.1. The maximum absolute atomic E-state index is 12.7. The first-order valence-electron chi connectivity index (χ1n) is 9.80. The van der Waals surface area contributed by atoms with Crippen LogP contribution in [0.25, 0.3) is 0 Å². The average Bonchev–Trinajstić information content (AvgIpc) is 3.13. The number of hydrogen-bond acceptors (Lipinski definition) is 3. The predicted octanol–water partition coefficient (Wildman–Crippen LogP) is 3.59. The van der Waals surface area contributed by atoms with Crippen LogP contribution in [0.15, 0.2) is 54.6 Å². The van der Waals surface area contributed by atoms with Gasteiger partial charge in [-0.3, -0.25) is 14.4 Å². The molecule has 1 atom stereocenters. The summed E-state index contributed by atoms with van der Waals surface area (Å²) in [7, 11) is 0. The second-order valence-electron chi connectivity index (χ2n) is 7.25. The van der Waals surface area contributed by atoms with Crippen LogP contribution in [-0.4, -0.2) is 41.9 Å². The van der Waals surface area contributed by atoms with Gasteiger partial charge < -0.3 is 15.1 Å². The van der Waals surface area contributed by atoms with E-state index in [1.165, 1.54) is 13.0 Å². The fraction of sp³-hybridized carbons (Fsp3) is 0.318. The van der Waals surface area contributed by atoms with E-state index >= 15 is 0 Å². The number of halogens is 3. The summed E-state index contributed by atoms with van der Waals surface area (Å²) in [5, 5.41) is 2.72. The van der Waals surface area contributed by atoms with Gasteiger partial charge in [-0.2, -0.15) is 13.2 Å². The number of nitrogens with one attached hydrogen (secondary N) is 1. The summed E-state index contributed by atoms with van der Waals surface area (Å²) >= 11 is 0. The number of carbonyl (C=O) groups is 3. The molecule has 3 rings (SSSR count). The largest absolute Gasteiger partial charge is 0.471 e. The van der Waals surface area contributed by atoms with Gasteiger partial charge in [-0.25, -0.2) is 0 Å². The minimum absolute atomic E-state index is 0.0735. The average molecular weight is 433 g/mol. The molecule has 2 aromatic carbocycles. The molecule has 1 fully saturated rings. The van der Waals surface area contributed by atoms with E-state index in [4.69, 9.17) is 0 Å². The summed E-state index contributed by atoms with van der Waals surface area (Å²) in [6.07, 6.45) is -4.87. The summed E-state index contributed by atoms with van der Waals surface area (Å²) in [6.45, 7) is 1.37. The standard InChI is InChI=1S/C22H22F3N3O3/c1-2-27(21(31)22(23,24)25)13-15-7-6-8-17(11-15)26-20(30)16-12-19(29)28(14-16)18-9-4-3-5-10-18/h3-11,16H,2,12-14H2,1H3,(H,26,30). The van der Waals surface area contributed by atoms with E-state index in [1.54, 1.807) is 35.2 Å². The van der Waals surface area contributed by atoms with Crippen molar-refractivity contribution >= 4 is 29.1 Å². The van der Waals surface area contributed by atoms with Crippen LogP contribution in [0.5, 0.6) is 0 Å². The van der Waals surface area contributed by atoms with E-state index in [0.717, 1.165) is 5.69 Å². The second kappa shape index (κ2) is 9.20. The van der Waals surface area contributed by atoms with Gasteiger partial charge in [-0.1, -0.05) is 30.3 Å². The van der Waals surface area contributed by atoms with Gasteiger partial charge in [0.15, 0.2) is 0 Å². The Morgan fingerprint density at radius 1 is 1.13 bits per heavy atom. The maximum Gasteiger partial charge on any atom is 0.471 e. The molecule has 1 aliphatic rings. The lowest BCUT2D eigenvalue weighted by molar-refractivity contribution is -0.185. The topological polar surface area (TPSA) is 69.7 Å². The van der Waals surface area contributed by atoms with Crippen LogP contribution in [-0.2, 0) is 20.9 Å². The van der Waals surface area contributed by atoms with Gasteiger partial charge in [-0.15, -0.1) is 0 Å². The molecule has 0 saturated carbocycles. The number of rotatable bonds is 6. The van der Waals surface area contributed by atoms with E-state index in [-0.39, 0.29) is 37.9 Å². The molecule has 2 aromatic rings. The Morgan fingerprint density at radius 2 is 1.84 bits per heavy atom. The van der Waals surface area contributed by atoms with Crippen molar-refractivity contribution in [2.75, 3.05) is 23.3 Å². The number of alkyl halides is 3. The SMILES string of the molecule is CCN(Cc1cccc(NC(=O)C2CC(=O)N(c3ccccc3)C2)c1)C(=O)C(F)(F)F. The molecule has 9 heteroatoms. The second-order valence-corrected chi connectivity index (χ2v) is 7.25. The zero-order valence-corrected chi connectivity index (χ0v) is 16.9. The molecule has 1 N–H and O–H groups in total. The van der Waals surface area contributed by atoms with Gasteiger partial charge in [0.1, 0.15) is 0 Å². The smallest absolute Gasteiger partial charge is 0.331 e. The van der Waals surface area contributed by atoms with E-state index in [1.807, 2.05) is 18.2 Å². The van der Waals surface area contributed by atoms with Gasteiger partial charge >= 0.3 is 12.1 Å². The third-order valence-corrected chi connectivity index (χ3v) is 5.04. The molecule has 0 bridgehead atoms. The molecule has 164 valence electrons. The first kappa shape index (κ1) is 22.3. The number of hydrogen-bond donors (Lipinski definition) is 1. The Kier molecular flexibility index (Phi) is 6.62. The Bertz CT molecular complexity index is 963. The molecule has 0 aliphatic carbocycles. The lowest BCUT2D eigenvalue weighted by Gasteiger charge is -2.22. The van der Waals surface area contributed by atoms with Crippen LogP contribution >= 0.6 is 0 Å². The molecule has 1 saturated heterocycles. The van der Waals surface area contributed by atoms with Gasteiger partial charge in [0.2, 0.25) is 11.8 Å². The zero-order chi connectivity index (χ0) is 22.6. The Morgan fingerprint density at radius 3 is 2.48 bits per heavy atom. The highest BCUT2D eigenvalue weighted by atomic mass is 19.4. The van der Waals surface area contributed by atoms with Crippen molar-refractivity contribution in [3.63, 3.8) is 0 Å². The van der Waals surface area contributed by atoms with Gasteiger partial charge in [0, 0.05) is 37.4 Å². The maximum atomic E-state index is 12.7. The summed E-state index contributed by atoms with van der Waals surface area (Å²) in [4.78, 5) is 38.7.